The van der Waals surface area contributed by atoms with Crippen LogP contribution in [0.5, 0.6) is 0 Å². The van der Waals surface area contributed by atoms with E-state index in [0.717, 1.165) is 0 Å². The molecule has 0 saturated carbocycles. The molecule has 1 aliphatic heterocycles. The van der Waals surface area contributed by atoms with Gasteiger partial charge >= 0.3 is 0 Å². The van der Waals surface area contributed by atoms with Gasteiger partial charge in [-0.3, -0.25) is 0 Å². The smallest absolute Gasteiger partial charge is 0.0469 e. The molecule has 1 nitrogen and oxygen atoms in total. The number of nitrogens with zero attached hydrogens (tertiary/aromatic N) is 1. The molecule has 2 heteroatoms. The largest absolute Gasteiger partial charge is 0.316 e. The Kier molecular flexibility index (Phi) is 2.79. The fourth-order valence-electron chi connectivity index (χ4n) is 1.51. The van der Waals surface area contributed by atoms with Crippen molar-refractivity contribution in [3.8, 4) is 0 Å². The third kappa shape index (κ3) is 2.19. The molecule has 1 saturated heterocycles. The highest BCUT2D eigenvalue weighted by Crippen LogP contribution is 2.27. The molecule has 0 spiro atoms. The number of benzene rings is 1. The predicted octanol–water partition coefficient (Wildman–Crippen LogP) is 3.24. The van der Waals surface area contributed by atoms with Gasteiger partial charge < -0.3 is 4.31 Å². The highest BCUT2D eigenvalue weighted by Gasteiger charge is 2.10. The predicted molar refractivity (Wildman–Crippen MR) is 60.2 cm³/mol. The van der Waals surface area contributed by atoms with E-state index < -0.39 is 0 Å². The van der Waals surface area contributed by atoms with E-state index in [1.807, 2.05) is 11.9 Å². The van der Waals surface area contributed by atoms with E-state index in [4.69, 9.17) is 0 Å². The Morgan fingerprint density at radius 1 is 1.15 bits per heavy atom. The Morgan fingerprint density at radius 2 is 1.92 bits per heavy atom. The number of rotatable bonds is 1. The second-order valence-corrected chi connectivity index (χ2v) is 4.59. The van der Waals surface area contributed by atoms with Crippen molar-refractivity contribution >= 4 is 17.6 Å². The van der Waals surface area contributed by atoms with E-state index in [0.29, 0.717) is 0 Å². The van der Waals surface area contributed by atoms with Crippen molar-refractivity contribution in [2.45, 2.75) is 19.8 Å². The summed E-state index contributed by atoms with van der Waals surface area (Å²) < 4.78 is 2.41. The van der Waals surface area contributed by atoms with Crippen LogP contribution < -0.4 is 4.31 Å². The molecule has 1 fully saturated rings. The van der Waals surface area contributed by atoms with Crippen molar-refractivity contribution in [1.82, 2.24) is 0 Å². The third-order valence-electron chi connectivity index (χ3n) is 2.32. The van der Waals surface area contributed by atoms with Gasteiger partial charge in [-0.05, 0) is 43.8 Å². The van der Waals surface area contributed by atoms with Crippen molar-refractivity contribution in [3.63, 3.8) is 0 Å². The lowest BCUT2D eigenvalue weighted by molar-refractivity contribution is 0.791. The first kappa shape index (κ1) is 8.95. The molecule has 0 amide bonds. The van der Waals surface area contributed by atoms with E-state index in [1.54, 1.807) is 0 Å². The highest BCUT2D eigenvalue weighted by atomic mass is 32.2. The van der Waals surface area contributed by atoms with Crippen LogP contribution in [-0.2, 0) is 0 Å². The number of hydrogen-bond donors (Lipinski definition) is 0. The molecule has 0 aliphatic carbocycles. The average Bonchev–Trinajstić information content (AvgIpc) is 2.20. The molecule has 2 rings (SSSR count). The zero-order valence-electron chi connectivity index (χ0n) is 7.99. The van der Waals surface area contributed by atoms with E-state index in [2.05, 4.69) is 35.5 Å². The van der Waals surface area contributed by atoms with Crippen LogP contribution in [0.2, 0.25) is 0 Å². The molecule has 13 heavy (non-hydrogen) atoms. The standard InChI is InChI=1S/C11H15NS/c1-10-4-6-11(7-5-10)12-8-2-3-9-13-12/h4-7H,2-3,8-9H2,1H3. The van der Waals surface area contributed by atoms with Crippen molar-refractivity contribution in [2.24, 2.45) is 0 Å². The zero-order valence-corrected chi connectivity index (χ0v) is 8.81. The number of anilines is 1. The first-order valence-electron chi connectivity index (χ1n) is 4.83. The first-order valence-corrected chi connectivity index (χ1v) is 5.77. The normalized spacial score (nSPS) is 17.5. The van der Waals surface area contributed by atoms with Crippen LogP contribution >= 0.6 is 11.9 Å². The van der Waals surface area contributed by atoms with Crippen LogP contribution in [0.3, 0.4) is 0 Å². The maximum atomic E-state index is 2.41. The molecule has 0 radical (unpaired) electrons. The summed E-state index contributed by atoms with van der Waals surface area (Å²) in [7, 11) is 0. The highest BCUT2D eigenvalue weighted by molar-refractivity contribution is 8.00. The number of hydrogen-bond acceptors (Lipinski definition) is 2. The maximum Gasteiger partial charge on any atom is 0.0469 e. The molecule has 0 N–H and O–H groups in total. The summed E-state index contributed by atoms with van der Waals surface area (Å²) in [5, 5.41) is 0. The lowest BCUT2D eigenvalue weighted by Gasteiger charge is -2.27. The quantitative estimate of drug-likeness (QED) is 0.630. The monoisotopic (exact) mass is 193 g/mol. The molecule has 0 bridgehead atoms. The van der Waals surface area contributed by atoms with Gasteiger partial charge in [0.25, 0.3) is 0 Å². The van der Waals surface area contributed by atoms with Crippen molar-refractivity contribution in [2.75, 3.05) is 16.6 Å². The third-order valence-corrected chi connectivity index (χ3v) is 3.50. The Labute approximate surface area is 84.3 Å². The summed E-state index contributed by atoms with van der Waals surface area (Å²) in [6, 6.07) is 8.80. The molecule has 0 unspecified atom stereocenters. The topological polar surface area (TPSA) is 3.24 Å². The van der Waals surface area contributed by atoms with E-state index >= 15 is 0 Å². The van der Waals surface area contributed by atoms with E-state index in [1.165, 1.54) is 36.4 Å². The van der Waals surface area contributed by atoms with Crippen molar-refractivity contribution in [1.29, 1.82) is 0 Å². The summed E-state index contributed by atoms with van der Waals surface area (Å²) in [6.07, 6.45) is 2.70. The Bertz CT molecular complexity index is 262. The minimum absolute atomic E-state index is 1.20. The zero-order chi connectivity index (χ0) is 9.10. The van der Waals surface area contributed by atoms with Crippen LogP contribution in [0.1, 0.15) is 18.4 Å². The lowest BCUT2D eigenvalue weighted by atomic mass is 10.2. The average molecular weight is 193 g/mol. The summed E-state index contributed by atoms with van der Waals surface area (Å²) >= 11 is 1.96. The Hall–Kier alpha value is -0.630. The van der Waals surface area contributed by atoms with Gasteiger partial charge in [0.1, 0.15) is 0 Å². The number of aryl methyl sites for hydroxylation is 1. The van der Waals surface area contributed by atoms with Crippen LogP contribution in [0.4, 0.5) is 5.69 Å². The molecular weight excluding hydrogens is 178 g/mol. The van der Waals surface area contributed by atoms with E-state index in [-0.39, 0.29) is 0 Å². The summed E-state index contributed by atoms with van der Waals surface area (Å²) in [5.41, 5.74) is 2.70. The fraction of sp³-hybridized carbons (Fsp3) is 0.455. The molecule has 1 heterocycles. The first-order chi connectivity index (χ1) is 6.36. The second-order valence-electron chi connectivity index (χ2n) is 3.48. The van der Waals surface area contributed by atoms with Crippen LogP contribution in [0.15, 0.2) is 24.3 Å². The molecule has 0 atom stereocenters. The second kappa shape index (κ2) is 4.05. The van der Waals surface area contributed by atoms with Gasteiger partial charge in [-0.1, -0.05) is 17.7 Å². The van der Waals surface area contributed by atoms with Crippen molar-refractivity contribution < 1.29 is 0 Å². The van der Waals surface area contributed by atoms with Gasteiger partial charge in [0, 0.05) is 18.0 Å². The minimum Gasteiger partial charge on any atom is -0.316 e. The molecule has 1 aliphatic rings. The van der Waals surface area contributed by atoms with Gasteiger partial charge in [0.2, 0.25) is 0 Å². The molecule has 1 aromatic rings. The van der Waals surface area contributed by atoms with Gasteiger partial charge in [-0.15, -0.1) is 0 Å². The van der Waals surface area contributed by atoms with Gasteiger partial charge in [0.05, 0.1) is 0 Å². The van der Waals surface area contributed by atoms with Crippen LogP contribution in [0, 0.1) is 6.92 Å². The summed E-state index contributed by atoms with van der Waals surface area (Å²) in [6.45, 7) is 3.33. The molecular formula is C11H15NS. The summed E-state index contributed by atoms with van der Waals surface area (Å²) in [4.78, 5) is 0. The van der Waals surface area contributed by atoms with Gasteiger partial charge in [0.15, 0.2) is 0 Å². The fourth-order valence-corrected chi connectivity index (χ4v) is 2.59. The summed E-state index contributed by atoms with van der Waals surface area (Å²) in [5.74, 6) is 1.27. The van der Waals surface area contributed by atoms with Crippen molar-refractivity contribution in [3.05, 3.63) is 29.8 Å². The SMILES string of the molecule is Cc1ccc(N2CCCCS2)cc1. The Balaban J connectivity index is 2.10. The minimum atomic E-state index is 1.20. The molecule has 70 valence electrons. The maximum absolute atomic E-state index is 2.41. The van der Waals surface area contributed by atoms with Crippen LogP contribution in [0.25, 0.3) is 0 Å². The van der Waals surface area contributed by atoms with E-state index in [9.17, 15) is 0 Å². The molecule has 0 aromatic heterocycles. The Morgan fingerprint density at radius 3 is 2.54 bits per heavy atom. The molecule has 1 aromatic carbocycles. The van der Waals surface area contributed by atoms with Gasteiger partial charge in [-0.2, -0.15) is 0 Å². The van der Waals surface area contributed by atoms with Gasteiger partial charge in [-0.25, -0.2) is 0 Å². The lowest BCUT2D eigenvalue weighted by Crippen LogP contribution is -2.20. The van der Waals surface area contributed by atoms with Crippen LogP contribution in [-0.4, -0.2) is 12.3 Å².